The minimum Gasteiger partial charge on any atom is -0.354 e. The van der Waals surface area contributed by atoms with Gasteiger partial charge in [0, 0.05) is 6.54 Å². The minimum absolute atomic E-state index is 0.282. The Morgan fingerprint density at radius 3 is 2.45 bits per heavy atom. The molecule has 0 heterocycles. The Kier molecular flexibility index (Phi) is 5.83. The molecule has 0 radical (unpaired) electrons. The van der Waals surface area contributed by atoms with Crippen molar-refractivity contribution in [1.82, 2.24) is 5.32 Å². The van der Waals surface area contributed by atoms with Crippen molar-refractivity contribution in [1.29, 1.82) is 0 Å². The van der Waals surface area contributed by atoms with Gasteiger partial charge in [-0.15, -0.1) is 0 Å². The Morgan fingerprint density at radius 2 is 1.95 bits per heavy atom. The van der Waals surface area contributed by atoms with Crippen LogP contribution in [0.1, 0.15) is 13.8 Å². The second kappa shape index (κ2) is 6.95. The maximum absolute atomic E-state index is 11.8. The van der Waals surface area contributed by atoms with E-state index in [-0.39, 0.29) is 17.5 Å². The molecule has 1 aromatic rings. The highest BCUT2D eigenvalue weighted by molar-refractivity contribution is 7.92. The summed E-state index contributed by atoms with van der Waals surface area (Å²) in [7, 11) is -3.59. The lowest BCUT2D eigenvalue weighted by Crippen LogP contribution is -2.41. The first kappa shape index (κ1) is 16.8. The number of anilines is 1. The van der Waals surface area contributed by atoms with E-state index in [9.17, 15) is 13.2 Å². The molecule has 0 unspecified atom stereocenters. The summed E-state index contributed by atoms with van der Waals surface area (Å²) in [6.07, 6.45) is 1.05. The Bertz CT molecular complexity index is 573. The number of carbonyl (C=O) groups is 1. The van der Waals surface area contributed by atoms with Crippen LogP contribution in [0.15, 0.2) is 24.3 Å². The topological polar surface area (TPSA) is 66.5 Å². The van der Waals surface area contributed by atoms with Crippen LogP contribution in [0.4, 0.5) is 5.69 Å². The fourth-order valence-electron chi connectivity index (χ4n) is 1.54. The molecular formula is C13H19ClN2O3S. The number of carbonyl (C=O) groups excluding carboxylic acids is 1. The van der Waals surface area contributed by atoms with Crippen molar-refractivity contribution in [3.8, 4) is 0 Å². The standard InChI is InChI=1S/C13H19ClN2O3S/c1-10(2)8-15-13(17)9-16(20(3,18)19)12-7-5-4-6-11(12)14/h4-7,10H,8-9H2,1-3H3,(H,15,17). The third-order valence-corrected chi connectivity index (χ3v) is 3.96. The molecule has 0 spiro atoms. The van der Waals surface area contributed by atoms with E-state index in [1.807, 2.05) is 13.8 Å². The van der Waals surface area contributed by atoms with Crippen molar-refractivity contribution in [3.05, 3.63) is 29.3 Å². The van der Waals surface area contributed by atoms with Crippen molar-refractivity contribution in [2.45, 2.75) is 13.8 Å². The van der Waals surface area contributed by atoms with Crippen LogP contribution in [-0.2, 0) is 14.8 Å². The summed E-state index contributed by atoms with van der Waals surface area (Å²) in [6.45, 7) is 4.14. The number of nitrogens with zero attached hydrogens (tertiary/aromatic N) is 1. The molecule has 5 nitrogen and oxygen atoms in total. The van der Waals surface area contributed by atoms with E-state index in [0.29, 0.717) is 18.2 Å². The molecule has 0 aromatic heterocycles. The van der Waals surface area contributed by atoms with E-state index in [2.05, 4.69) is 5.32 Å². The van der Waals surface area contributed by atoms with Gasteiger partial charge in [0.1, 0.15) is 6.54 Å². The molecule has 0 aliphatic carbocycles. The lowest BCUT2D eigenvalue weighted by Gasteiger charge is -2.23. The first-order valence-electron chi connectivity index (χ1n) is 6.20. The van der Waals surface area contributed by atoms with Crippen LogP contribution < -0.4 is 9.62 Å². The zero-order chi connectivity index (χ0) is 15.3. The second-order valence-corrected chi connectivity index (χ2v) is 7.23. The van der Waals surface area contributed by atoms with Gasteiger partial charge in [0.25, 0.3) is 0 Å². The van der Waals surface area contributed by atoms with E-state index in [0.717, 1.165) is 10.6 Å². The molecule has 0 atom stereocenters. The number of para-hydroxylation sites is 1. The first-order chi connectivity index (χ1) is 9.21. The van der Waals surface area contributed by atoms with Gasteiger partial charge >= 0.3 is 0 Å². The predicted octanol–water partition coefficient (Wildman–Crippen LogP) is 1.88. The fraction of sp³-hybridized carbons (Fsp3) is 0.462. The molecule has 0 saturated carbocycles. The molecule has 0 saturated heterocycles. The molecule has 1 rings (SSSR count). The minimum atomic E-state index is -3.59. The smallest absolute Gasteiger partial charge is 0.240 e. The lowest BCUT2D eigenvalue weighted by atomic mass is 10.2. The van der Waals surface area contributed by atoms with Crippen molar-refractivity contribution < 1.29 is 13.2 Å². The average molecular weight is 319 g/mol. The van der Waals surface area contributed by atoms with Crippen molar-refractivity contribution >= 4 is 33.2 Å². The Morgan fingerprint density at radius 1 is 1.35 bits per heavy atom. The van der Waals surface area contributed by atoms with Gasteiger partial charge in [0.2, 0.25) is 15.9 Å². The number of sulfonamides is 1. The van der Waals surface area contributed by atoms with E-state index < -0.39 is 10.0 Å². The van der Waals surface area contributed by atoms with Gasteiger partial charge in [-0.05, 0) is 18.1 Å². The molecule has 20 heavy (non-hydrogen) atoms. The van der Waals surface area contributed by atoms with Gasteiger partial charge < -0.3 is 5.32 Å². The van der Waals surface area contributed by atoms with Crippen molar-refractivity contribution in [2.75, 3.05) is 23.7 Å². The monoisotopic (exact) mass is 318 g/mol. The summed E-state index contributed by atoms with van der Waals surface area (Å²) >= 11 is 6.00. The van der Waals surface area contributed by atoms with E-state index in [1.165, 1.54) is 0 Å². The second-order valence-electron chi connectivity index (χ2n) is 4.92. The van der Waals surface area contributed by atoms with Crippen LogP contribution in [0.5, 0.6) is 0 Å². The Hall–Kier alpha value is -1.27. The largest absolute Gasteiger partial charge is 0.354 e. The Labute approximate surface area is 125 Å². The van der Waals surface area contributed by atoms with Gasteiger partial charge in [-0.1, -0.05) is 37.6 Å². The molecule has 0 fully saturated rings. The molecular weight excluding hydrogens is 300 g/mol. The summed E-state index contributed by atoms with van der Waals surface area (Å²) in [6, 6.07) is 6.52. The van der Waals surface area contributed by atoms with Gasteiger partial charge in [-0.2, -0.15) is 0 Å². The zero-order valence-corrected chi connectivity index (χ0v) is 13.3. The van der Waals surface area contributed by atoms with E-state index >= 15 is 0 Å². The van der Waals surface area contributed by atoms with Crippen molar-refractivity contribution in [3.63, 3.8) is 0 Å². The molecule has 7 heteroatoms. The maximum atomic E-state index is 11.8. The summed E-state index contributed by atoms with van der Waals surface area (Å²) in [5, 5.41) is 2.97. The molecule has 0 aliphatic rings. The van der Waals surface area contributed by atoms with E-state index in [4.69, 9.17) is 11.6 Å². The Balaban J connectivity index is 2.93. The normalized spacial score (nSPS) is 11.4. The molecule has 1 aromatic carbocycles. The third-order valence-electron chi connectivity index (χ3n) is 2.52. The summed E-state index contributed by atoms with van der Waals surface area (Å²) < 4.78 is 24.7. The quantitative estimate of drug-likeness (QED) is 0.871. The number of nitrogens with one attached hydrogen (secondary N) is 1. The molecule has 1 N–H and O–H groups in total. The summed E-state index contributed by atoms with van der Waals surface area (Å²) in [4.78, 5) is 11.8. The number of rotatable bonds is 6. The highest BCUT2D eigenvalue weighted by atomic mass is 35.5. The van der Waals surface area contributed by atoms with Crippen LogP contribution in [0.2, 0.25) is 5.02 Å². The highest BCUT2D eigenvalue weighted by Gasteiger charge is 2.22. The fourth-order valence-corrected chi connectivity index (χ4v) is 2.70. The zero-order valence-electron chi connectivity index (χ0n) is 11.8. The number of hydrogen-bond donors (Lipinski definition) is 1. The van der Waals surface area contributed by atoms with Gasteiger partial charge in [-0.25, -0.2) is 8.42 Å². The molecule has 0 bridgehead atoms. The maximum Gasteiger partial charge on any atom is 0.240 e. The van der Waals surface area contributed by atoms with Gasteiger partial charge in [-0.3, -0.25) is 9.10 Å². The number of halogens is 1. The highest BCUT2D eigenvalue weighted by Crippen LogP contribution is 2.26. The number of hydrogen-bond acceptors (Lipinski definition) is 3. The van der Waals surface area contributed by atoms with Crippen LogP contribution in [0.3, 0.4) is 0 Å². The van der Waals surface area contributed by atoms with Gasteiger partial charge in [0.15, 0.2) is 0 Å². The SMILES string of the molecule is CC(C)CNC(=O)CN(c1ccccc1Cl)S(C)(=O)=O. The van der Waals surface area contributed by atoms with Crippen molar-refractivity contribution in [2.24, 2.45) is 5.92 Å². The van der Waals surface area contributed by atoms with Crippen LogP contribution >= 0.6 is 11.6 Å². The third kappa shape index (κ3) is 5.02. The van der Waals surface area contributed by atoms with Crippen LogP contribution in [-0.4, -0.2) is 33.7 Å². The van der Waals surface area contributed by atoms with Crippen LogP contribution in [0, 0.1) is 5.92 Å². The summed E-state index contributed by atoms with van der Waals surface area (Å²) in [5.41, 5.74) is 0.302. The van der Waals surface area contributed by atoms with Crippen LogP contribution in [0.25, 0.3) is 0 Å². The molecule has 1 amide bonds. The molecule has 0 aliphatic heterocycles. The van der Waals surface area contributed by atoms with E-state index in [1.54, 1.807) is 24.3 Å². The van der Waals surface area contributed by atoms with Gasteiger partial charge in [0.05, 0.1) is 17.0 Å². The number of benzene rings is 1. The average Bonchev–Trinajstić information content (AvgIpc) is 2.33. The number of amides is 1. The summed E-state index contributed by atoms with van der Waals surface area (Å²) in [5.74, 6) is -0.0602. The predicted molar refractivity (Wildman–Crippen MR) is 81.5 cm³/mol. The molecule has 112 valence electrons. The lowest BCUT2D eigenvalue weighted by molar-refractivity contribution is -0.119. The first-order valence-corrected chi connectivity index (χ1v) is 8.43.